The number of sulfonamides is 1. The fourth-order valence-electron chi connectivity index (χ4n) is 2.88. The zero-order valence-electron chi connectivity index (χ0n) is 15.7. The molecule has 0 unspecified atom stereocenters. The maximum absolute atomic E-state index is 12.6. The second kappa shape index (κ2) is 7.84. The number of fused-ring (bicyclic) bond motifs is 1. The predicted molar refractivity (Wildman–Crippen MR) is 112 cm³/mol. The van der Waals surface area contributed by atoms with Crippen molar-refractivity contribution in [3.8, 4) is 0 Å². The first-order valence-electron chi connectivity index (χ1n) is 9.02. The molecular weight excluding hydrogens is 386 g/mol. The number of benzene rings is 3. The number of para-hydroxylation sites is 1. The minimum absolute atomic E-state index is 0.158. The van der Waals surface area contributed by atoms with Gasteiger partial charge in [0.25, 0.3) is 10.0 Å². The van der Waals surface area contributed by atoms with E-state index in [1.165, 1.54) is 0 Å². The van der Waals surface area contributed by atoms with E-state index in [1.54, 1.807) is 28.9 Å². The Labute approximate surface area is 168 Å². The third-order valence-corrected chi connectivity index (χ3v) is 5.68. The SMILES string of the molecule is Cc1ccc(S(=O)(=O)N/N=C(/Cn2nnc3ccccc32)c2ccccc2)cc1. The van der Waals surface area contributed by atoms with E-state index in [9.17, 15) is 8.42 Å². The number of nitrogens with one attached hydrogen (secondary N) is 1. The Morgan fingerprint density at radius 2 is 1.66 bits per heavy atom. The molecule has 0 amide bonds. The third kappa shape index (κ3) is 4.17. The van der Waals surface area contributed by atoms with Gasteiger partial charge in [0.1, 0.15) is 5.52 Å². The van der Waals surface area contributed by atoms with Crippen LogP contribution in [-0.4, -0.2) is 29.1 Å². The van der Waals surface area contributed by atoms with E-state index in [2.05, 4.69) is 20.2 Å². The van der Waals surface area contributed by atoms with E-state index in [0.717, 1.165) is 22.2 Å². The lowest BCUT2D eigenvalue weighted by Crippen LogP contribution is -2.23. The van der Waals surface area contributed by atoms with Gasteiger partial charge >= 0.3 is 0 Å². The smallest absolute Gasteiger partial charge is 0.239 e. The molecule has 4 rings (SSSR count). The van der Waals surface area contributed by atoms with Crippen molar-refractivity contribution in [3.63, 3.8) is 0 Å². The molecule has 0 spiro atoms. The fourth-order valence-corrected chi connectivity index (χ4v) is 3.71. The Balaban J connectivity index is 1.68. The van der Waals surface area contributed by atoms with Gasteiger partial charge in [-0.2, -0.15) is 18.4 Å². The lowest BCUT2D eigenvalue weighted by Gasteiger charge is -2.10. The van der Waals surface area contributed by atoms with Gasteiger partial charge in [0, 0.05) is 0 Å². The molecule has 1 aromatic heterocycles. The summed E-state index contributed by atoms with van der Waals surface area (Å²) in [4.78, 5) is 2.51. The van der Waals surface area contributed by atoms with E-state index in [0.29, 0.717) is 5.71 Å². The molecule has 8 heteroatoms. The summed E-state index contributed by atoms with van der Waals surface area (Å²) in [6.45, 7) is 2.17. The second-order valence-electron chi connectivity index (χ2n) is 6.57. The number of hydrazone groups is 1. The highest BCUT2D eigenvalue weighted by molar-refractivity contribution is 7.89. The summed E-state index contributed by atoms with van der Waals surface area (Å²) in [5.74, 6) is 0. The Bertz CT molecular complexity index is 1260. The van der Waals surface area contributed by atoms with Crippen LogP contribution in [0.4, 0.5) is 0 Å². The van der Waals surface area contributed by atoms with Gasteiger partial charge in [-0.05, 0) is 36.8 Å². The molecule has 7 nitrogen and oxygen atoms in total. The fraction of sp³-hybridized carbons (Fsp3) is 0.0952. The molecule has 1 N–H and O–H groups in total. The van der Waals surface area contributed by atoms with Crippen molar-refractivity contribution in [2.45, 2.75) is 18.4 Å². The number of aryl methyl sites for hydroxylation is 1. The quantitative estimate of drug-likeness (QED) is 0.394. The van der Waals surface area contributed by atoms with E-state index in [4.69, 9.17) is 0 Å². The van der Waals surface area contributed by atoms with Crippen molar-refractivity contribution in [2.75, 3.05) is 0 Å². The van der Waals surface area contributed by atoms with Crippen LogP contribution in [0.2, 0.25) is 0 Å². The standard InChI is InChI=1S/C21H19N5O2S/c1-16-11-13-18(14-12-16)29(27,28)25-23-20(17-7-3-2-4-8-17)15-26-21-10-6-5-9-19(21)22-24-26/h2-14,25H,15H2,1H3/b23-20-. The first-order valence-corrected chi connectivity index (χ1v) is 10.5. The molecule has 4 aromatic rings. The maximum atomic E-state index is 12.6. The Hall–Kier alpha value is -3.52. The second-order valence-corrected chi connectivity index (χ2v) is 8.23. The van der Waals surface area contributed by atoms with Crippen molar-refractivity contribution in [2.24, 2.45) is 5.10 Å². The molecule has 146 valence electrons. The first-order chi connectivity index (χ1) is 14.0. The molecule has 3 aromatic carbocycles. The molecule has 0 atom stereocenters. The molecule has 0 radical (unpaired) electrons. The van der Waals surface area contributed by atoms with Crippen molar-refractivity contribution >= 4 is 26.8 Å². The highest BCUT2D eigenvalue weighted by atomic mass is 32.2. The van der Waals surface area contributed by atoms with Crippen LogP contribution in [0.1, 0.15) is 11.1 Å². The van der Waals surface area contributed by atoms with Gasteiger partial charge in [0.15, 0.2) is 0 Å². The van der Waals surface area contributed by atoms with Crippen LogP contribution in [0, 0.1) is 6.92 Å². The Morgan fingerprint density at radius 1 is 0.966 bits per heavy atom. The number of hydrogen-bond acceptors (Lipinski definition) is 5. The zero-order chi connectivity index (χ0) is 20.3. The highest BCUT2D eigenvalue weighted by Gasteiger charge is 2.15. The molecule has 0 aliphatic rings. The Morgan fingerprint density at radius 3 is 2.41 bits per heavy atom. The summed E-state index contributed by atoms with van der Waals surface area (Å²) >= 11 is 0. The molecule has 0 saturated heterocycles. The van der Waals surface area contributed by atoms with Gasteiger partial charge in [-0.3, -0.25) is 0 Å². The van der Waals surface area contributed by atoms with Crippen LogP contribution in [0.5, 0.6) is 0 Å². The summed E-state index contributed by atoms with van der Waals surface area (Å²) < 4.78 is 27.0. The predicted octanol–water partition coefficient (Wildman–Crippen LogP) is 3.12. The molecule has 0 fully saturated rings. The van der Waals surface area contributed by atoms with E-state index >= 15 is 0 Å². The van der Waals surface area contributed by atoms with Gasteiger partial charge < -0.3 is 0 Å². The van der Waals surface area contributed by atoms with Gasteiger partial charge in [-0.25, -0.2) is 4.68 Å². The number of hydrogen-bond donors (Lipinski definition) is 1. The summed E-state index contributed by atoms with van der Waals surface area (Å²) in [5, 5.41) is 12.6. The van der Waals surface area contributed by atoms with Gasteiger partial charge in [0.05, 0.1) is 22.7 Å². The van der Waals surface area contributed by atoms with Crippen molar-refractivity contribution in [1.82, 2.24) is 19.8 Å². The van der Waals surface area contributed by atoms with E-state index < -0.39 is 10.0 Å². The summed E-state index contributed by atoms with van der Waals surface area (Å²) in [6.07, 6.45) is 0. The molecule has 0 bridgehead atoms. The highest BCUT2D eigenvalue weighted by Crippen LogP contribution is 2.13. The number of aromatic nitrogens is 3. The van der Waals surface area contributed by atoms with Gasteiger partial charge in [-0.15, -0.1) is 5.10 Å². The zero-order valence-corrected chi connectivity index (χ0v) is 16.5. The molecule has 1 heterocycles. The molecule has 29 heavy (non-hydrogen) atoms. The molecule has 0 saturated carbocycles. The monoisotopic (exact) mass is 405 g/mol. The van der Waals surface area contributed by atoms with Crippen LogP contribution >= 0.6 is 0 Å². The van der Waals surface area contributed by atoms with Crippen molar-refractivity contribution < 1.29 is 8.42 Å². The summed E-state index contributed by atoms with van der Waals surface area (Å²) in [5.41, 5.74) is 3.91. The largest absolute Gasteiger partial charge is 0.276 e. The van der Waals surface area contributed by atoms with Crippen LogP contribution in [0.15, 0.2) is 88.9 Å². The van der Waals surface area contributed by atoms with Crippen molar-refractivity contribution in [3.05, 3.63) is 90.0 Å². The number of nitrogens with zero attached hydrogens (tertiary/aromatic N) is 4. The van der Waals surface area contributed by atoms with E-state index in [1.807, 2.05) is 61.5 Å². The third-order valence-electron chi connectivity index (χ3n) is 4.46. The molecular formula is C21H19N5O2S. The van der Waals surface area contributed by atoms with Gasteiger partial charge in [0.2, 0.25) is 0 Å². The minimum Gasteiger partial charge on any atom is -0.239 e. The topological polar surface area (TPSA) is 89.2 Å². The maximum Gasteiger partial charge on any atom is 0.276 e. The van der Waals surface area contributed by atoms with Crippen LogP contribution in [0.25, 0.3) is 11.0 Å². The molecule has 0 aliphatic carbocycles. The minimum atomic E-state index is -3.78. The first kappa shape index (κ1) is 18.8. The van der Waals surface area contributed by atoms with E-state index in [-0.39, 0.29) is 11.4 Å². The summed E-state index contributed by atoms with van der Waals surface area (Å²) in [6, 6.07) is 23.6. The lowest BCUT2D eigenvalue weighted by atomic mass is 10.1. The van der Waals surface area contributed by atoms with Crippen LogP contribution < -0.4 is 4.83 Å². The van der Waals surface area contributed by atoms with Crippen LogP contribution in [0.3, 0.4) is 0 Å². The summed E-state index contributed by atoms with van der Waals surface area (Å²) in [7, 11) is -3.78. The average molecular weight is 405 g/mol. The van der Waals surface area contributed by atoms with Gasteiger partial charge in [-0.1, -0.05) is 65.4 Å². The normalized spacial score (nSPS) is 12.2. The average Bonchev–Trinajstić information content (AvgIpc) is 3.15. The van der Waals surface area contributed by atoms with Crippen molar-refractivity contribution in [1.29, 1.82) is 0 Å². The lowest BCUT2D eigenvalue weighted by molar-refractivity contribution is 0.584. The van der Waals surface area contributed by atoms with Crippen LogP contribution in [-0.2, 0) is 16.6 Å². The number of rotatable bonds is 6. The Kier molecular flexibility index (Phi) is 5.09. The molecule has 0 aliphatic heterocycles.